The summed E-state index contributed by atoms with van der Waals surface area (Å²) >= 11 is 1.21. The van der Waals surface area contributed by atoms with Crippen LogP contribution in [-0.4, -0.2) is 34.8 Å². The molecule has 0 saturated carbocycles. The van der Waals surface area contributed by atoms with Crippen molar-refractivity contribution < 1.29 is 31.8 Å². The second-order valence-electron chi connectivity index (χ2n) is 7.78. The lowest BCUT2D eigenvalue weighted by Crippen LogP contribution is -2.52. The number of urea groups is 1. The van der Waals surface area contributed by atoms with Gasteiger partial charge in [0.1, 0.15) is 0 Å². The first kappa shape index (κ1) is 23.8. The summed E-state index contributed by atoms with van der Waals surface area (Å²) in [5.41, 5.74) is 2.43. The molecule has 1 aliphatic rings. The first-order chi connectivity index (χ1) is 16.0. The van der Waals surface area contributed by atoms with Gasteiger partial charge in [-0.25, -0.2) is 4.79 Å². The van der Waals surface area contributed by atoms with E-state index in [1.165, 1.54) is 32.4 Å². The number of halogens is 4. The average molecular weight is 495 g/mol. The average Bonchev–Trinajstić information content (AvgIpc) is 3.14. The van der Waals surface area contributed by atoms with E-state index in [2.05, 4.69) is 21.4 Å². The lowest BCUT2D eigenvalue weighted by Gasteiger charge is -2.31. The molecule has 0 saturated heterocycles. The molecule has 2 heterocycles. The van der Waals surface area contributed by atoms with Gasteiger partial charge in [0.25, 0.3) is 0 Å². The topological polar surface area (TPSA) is 56.1 Å². The zero-order valence-electron chi connectivity index (χ0n) is 18.5. The van der Waals surface area contributed by atoms with E-state index < -0.39 is 29.7 Å². The molecule has 2 aromatic carbocycles. The summed E-state index contributed by atoms with van der Waals surface area (Å²) in [5, 5.41) is 0. The molecule has 2 amide bonds. The Labute approximate surface area is 196 Å². The molecular formula is C23H21F4N3O3S. The zero-order chi connectivity index (χ0) is 24.7. The molecule has 0 unspecified atom stereocenters. The molecule has 11 heteroatoms. The van der Waals surface area contributed by atoms with Crippen molar-refractivity contribution in [3.05, 3.63) is 69.5 Å². The second-order valence-corrected chi connectivity index (χ2v) is 9.00. The Morgan fingerprint density at radius 2 is 1.65 bits per heavy atom. The predicted molar refractivity (Wildman–Crippen MR) is 118 cm³/mol. The maximum atomic E-state index is 13.6. The van der Waals surface area contributed by atoms with Crippen molar-refractivity contribution in [1.82, 2.24) is 9.47 Å². The third-order valence-corrected chi connectivity index (χ3v) is 6.06. The van der Waals surface area contributed by atoms with Crippen molar-refractivity contribution in [2.24, 2.45) is 4.99 Å². The summed E-state index contributed by atoms with van der Waals surface area (Å²) in [4.78, 5) is 19.4. The van der Waals surface area contributed by atoms with E-state index in [9.17, 15) is 22.4 Å². The summed E-state index contributed by atoms with van der Waals surface area (Å²) in [6.45, 7) is 4.20. The highest BCUT2D eigenvalue weighted by atomic mass is 32.1. The molecule has 0 N–H and O–H groups in total. The van der Waals surface area contributed by atoms with Gasteiger partial charge in [-0.05, 0) is 36.6 Å². The van der Waals surface area contributed by atoms with Gasteiger partial charge in [-0.2, -0.15) is 22.6 Å². The molecule has 0 aliphatic carbocycles. The number of hydrogen-bond acceptors (Lipinski definition) is 4. The number of benzene rings is 2. The van der Waals surface area contributed by atoms with E-state index in [0.29, 0.717) is 6.54 Å². The molecule has 0 radical (unpaired) electrons. The molecule has 180 valence electrons. The SMILES string of the molecule is CCc1ccc(CN(C)C(=O)/N=c2\sc(C)cn2-c2ccc3c(c2)OC(F)(F)C(F)(F)O3)cc1. The van der Waals surface area contributed by atoms with Gasteiger partial charge in [-0.1, -0.05) is 31.2 Å². The number of ether oxygens (including phenoxy) is 2. The number of carbonyl (C=O) groups is 1. The second kappa shape index (κ2) is 8.79. The highest BCUT2D eigenvalue weighted by Gasteiger charge is 2.65. The van der Waals surface area contributed by atoms with E-state index in [0.717, 1.165) is 29.0 Å². The third-order valence-electron chi connectivity index (χ3n) is 5.16. The van der Waals surface area contributed by atoms with Crippen molar-refractivity contribution in [3.8, 4) is 17.2 Å². The number of alkyl halides is 4. The quantitative estimate of drug-likeness (QED) is 0.448. The number of aryl methyl sites for hydroxylation is 2. The number of amides is 2. The van der Waals surface area contributed by atoms with Crippen LogP contribution in [0.1, 0.15) is 22.9 Å². The molecule has 1 aliphatic heterocycles. The van der Waals surface area contributed by atoms with Crippen LogP contribution in [0.25, 0.3) is 5.69 Å². The van der Waals surface area contributed by atoms with Crippen LogP contribution >= 0.6 is 11.3 Å². The Hall–Kier alpha value is -3.34. The maximum absolute atomic E-state index is 13.6. The van der Waals surface area contributed by atoms with Crippen LogP contribution in [0.15, 0.2) is 53.7 Å². The van der Waals surface area contributed by atoms with E-state index >= 15 is 0 Å². The van der Waals surface area contributed by atoms with Gasteiger partial charge in [0.15, 0.2) is 16.3 Å². The van der Waals surface area contributed by atoms with Crippen LogP contribution in [0.2, 0.25) is 0 Å². The molecule has 6 nitrogen and oxygen atoms in total. The Morgan fingerprint density at radius 1 is 1.03 bits per heavy atom. The van der Waals surface area contributed by atoms with E-state index in [1.807, 2.05) is 24.3 Å². The predicted octanol–water partition coefficient (Wildman–Crippen LogP) is 5.52. The maximum Gasteiger partial charge on any atom is 0.507 e. The third kappa shape index (κ3) is 4.65. The van der Waals surface area contributed by atoms with E-state index in [1.54, 1.807) is 20.2 Å². The molecule has 3 aromatic rings. The molecule has 34 heavy (non-hydrogen) atoms. The summed E-state index contributed by atoms with van der Waals surface area (Å²) in [6.07, 6.45) is -7.04. The van der Waals surface area contributed by atoms with Crippen LogP contribution in [0.3, 0.4) is 0 Å². The van der Waals surface area contributed by atoms with Crippen molar-refractivity contribution in [2.75, 3.05) is 7.05 Å². The molecule has 4 rings (SSSR count). The van der Waals surface area contributed by atoms with Crippen LogP contribution in [0.5, 0.6) is 11.5 Å². The Bertz CT molecular complexity index is 1290. The standard InChI is InChI=1S/C23H21F4N3O3S/c1-4-15-5-7-16(8-6-15)13-29(3)20(31)28-21-30(12-14(2)34-21)17-9-10-18-19(11-17)33-23(26,27)22(24,25)32-18/h5-12H,4,13H2,1-3H3/b28-21-. The van der Waals surface area contributed by atoms with Gasteiger partial charge in [-0.15, -0.1) is 11.3 Å². The fourth-order valence-corrected chi connectivity index (χ4v) is 4.14. The minimum Gasteiger partial charge on any atom is -0.421 e. The zero-order valence-corrected chi connectivity index (χ0v) is 19.3. The fraction of sp³-hybridized carbons (Fsp3) is 0.304. The van der Waals surface area contributed by atoms with E-state index in [4.69, 9.17) is 0 Å². The number of hydrogen-bond donors (Lipinski definition) is 0. The van der Waals surface area contributed by atoms with Gasteiger partial charge >= 0.3 is 18.2 Å². The van der Waals surface area contributed by atoms with Gasteiger partial charge in [-0.3, -0.25) is 4.57 Å². The lowest BCUT2D eigenvalue weighted by atomic mass is 10.1. The Kier molecular flexibility index (Phi) is 6.15. The monoisotopic (exact) mass is 495 g/mol. The number of carbonyl (C=O) groups excluding carboxylic acids is 1. The molecule has 0 spiro atoms. The number of rotatable bonds is 4. The molecule has 0 atom stereocenters. The van der Waals surface area contributed by atoms with Crippen molar-refractivity contribution in [3.63, 3.8) is 0 Å². The summed E-state index contributed by atoms with van der Waals surface area (Å²) < 4.78 is 63.8. The van der Waals surface area contributed by atoms with Crippen LogP contribution in [0.4, 0.5) is 22.4 Å². The largest absolute Gasteiger partial charge is 0.507 e. The Balaban J connectivity index is 1.61. The van der Waals surface area contributed by atoms with Crippen molar-refractivity contribution >= 4 is 17.4 Å². The van der Waals surface area contributed by atoms with Gasteiger partial charge in [0.2, 0.25) is 0 Å². The van der Waals surface area contributed by atoms with Gasteiger partial charge in [0.05, 0.1) is 5.69 Å². The highest BCUT2D eigenvalue weighted by Crippen LogP contribution is 2.47. The lowest BCUT2D eigenvalue weighted by molar-refractivity contribution is -0.391. The first-order valence-corrected chi connectivity index (χ1v) is 11.2. The number of fused-ring (bicyclic) bond motifs is 1. The van der Waals surface area contributed by atoms with Crippen LogP contribution in [0, 0.1) is 6.92 Å². The summed E-state index contributed by atoms with van der Waals surface area (Å²) in [5.74, 6) is -1.06. The highest BCUT2D eigenvalue weighted by molar-refractivity contribution is 7.09. The van der Waals surface area contributed by atoms with E-state index in [-0.39, 0.29) is 10.5 Å². The minimum atomic E-state index is -4.82. The molecule has 0 fully saturated rings. The molecule has 0 bridgehead atoms. The number of aromatic nitrogens is 1. The van der Waals surface area contributed by atoms with Crippen LogP contribution < -0.4 is 14.3 Å². The smallest absolute Gasteiger partial charge is 0.421 e. The van der Waals surface area contributed by atoms with Crippen LogP contribution in [-0.2, 0) is 13.0 Å². The summed E-state index contributed by atoms with van der Waals surface area (Å²) in [7, 11) is 1.62. The normalized spacial score (nSPS) is 16.4. The minimum absolute atomic E-state index is 0.282. The molecule has 1 aromatic heterocycles. The van der Waals surface area contributed by atoms with Gasteiger partial charge in [0, 0.05) is 30.7 Å². The Morgan fingerprint density at radius 3 is 2.29 bits per heavy atom. The van der Waals surface area contributed by atoms with Gasteiger partial charge < -0.3 is 14.4 Å². The fourth-order valence-electron chi connectivity index (χ4n) is 3.31. The first-order valence-electron chi connectivity index (χ1n) is 10.3. The molecular weight excluding hydrogens is 474 g/mol. The van der Waals surface area contributed by atoms with Crippen molar-refractivity contribution in [1.29, 1.82) is 0 Å². The summed E-state index contributed by atoms with van der Waals surface area (Å²) in [6, 6.07) is 11.0. The number of nitrogens with zero attached hydrogens (tertiary/aromatic N) is 3. The van der Waals surface area contributed by atoms with Crippen molar-refractivity contribution in [2.45, 2.75) is 39.0 Å². The number of thiazole rings is 1.